The molecule has 0 spiro atoms. The maximum atomic E-state index is 10.7. The number of hydrogen-bond donors (Lipinski definition) is 3. The molecule has 6 nitrogen and oxygen atoms in total. The Morgan fingerprint density at radius 1 is 0.649 bits per heavy atom. The Bertz CT molecular complexity index is 1130. The van der Waals surface area contributed by atoms with Crippen LogP contribution in [0.5, 0.6) is 11.5 Å². The van der Waals surface area contributed by atoms with Crippen molar-refractivity contribution in [3.05, 3.63) is 82.9 Å². The summed E-state index contributed by atoms with van der Waals surface area (Å²) in [6.07, 6.45) is 12.0. The van der Waals surface area contributed by atoms with Gasteiger partial charge in [0.15, 0.2) is 0 Å². The van der Waals surface area contributed by atoms with Gasteiger partial charge in [-0.3, -0.25) is 14.8 Å². The minimum absolute atomic E-state index is 0. The molecule has 3 N–H and O–H groups in total. The number of benzene rings is 3. The van der Waals surface area contributed by atoms with E-state index in [2.05, 4.69) is 9.98 Å². The van der Waals surface area contributed by atoms with Crippen LogP contribution in [0.3, 0.4) is 0 Å². The van der Waals surface area contributed by atoms with Crippen LogP contribution in [0.1, 0.15) is 67.7 Å². The summed E-state index contributed by atoms with van der Waals surface area (Å²) in [6, 6.07) is 19.3. The van der Waals surface area contributed by atoms with Crippen LogP contribution in [0.25, 0.3) is 0 Å². The van der Waals surface area contributed by atoms with Crippen molar-refractivity contribution in [1.82, 2.24) is 0 Å². The number of para-hydroxylation sites is 4. The molecule has 0 saturated carbocycles. The fourth-order valence-electron chi connectivity index (χ4n) is 4.13. The molecule has 3 aromatic carbocycles. The van der Waals surface area contributed by atoms with Gasteiger partial charge >= 0.3 is 17.1 Å². The number of aromatic hydroxyl groups is 2. The average Bonchev–Trinajstić information content (AvgIpc) is 2.85. The molecule has 0 saturated heterocycles. The summed E-state index contributed by atoms with van der Waals surface area (Å²) in [4.78, 5) is 18.2. The molecule has 0 aromatic heterocycles. The van der Waals surface area contributed by atoms with Crippen molar-refractivity contribution in [1.29, 1.82) is 0 Å². The standard InChI is InChI=1S/C28H30N2O2.C2H4O2.Mn/c31-27-21-11-5-3-1-2-4-6-12-22-14-10-16-24(28(22)32)20-30-26-18-8-7-17-25(26)29-19-23(27)15-9-13-21;1-2(3)4;/h7-10,13-20,31-32H,1-6,11-12H2;1H3,(H,3,4);/q;;+2. The summed E-state index contributed by atoms with van der Waals surface area (Å²) in [7, 11) is 0. The van der Waals surface area contributed by atoms with Crippen molar-refractivity contribution < 1.29 is 37.2 Å². The van der Waals surface area contributed by atoms with Gasteiger partial charge in [0.2, 0.25) is 0 Å². The molecule has 0 unspecified atom stereocenters. The van der Waals surface area contributed by atoms with E-state index in [-0.39, 0.29) is 17.1 Å². The van der Waals surface area contributed by atoms with Crippen LogP contribution >= 0.6 is 0 Å². The third-order valence-corrected chi connectivity index (χ3v) is 6.01. The van der Waals surface area contributed by atoms with Gasteiger partial charge in [-0.15, -0.1) is 0 Å². The van der Waals surface area contributed by atoms with E-state index < -0.39 is 5.97 Å². The van der Waals surface area contributed by atoms with E-state index in [0.717, 1.165) is 56.6 Å². The van der Waals surface area contributed by atoms with Gasteiger partial charge in [0.1, 0.15) is 11.5 Å². The topological polar surface area (TPSA) is 102 Å². The number of hydrogen-bond acceptors (Lipinski definition) is 5. The van der Waals surface area contributed by atoms with Crippen molar-refractivity contribution >= 4 is 29.8 Å². The minimum Gasteiger partial charge on any atom is -0.507 e. The van der Waals surface area contributed by atoms with Gasteiger partial charge in [0, 0.05) is 30.5 Å². The number of aryl methyl sites for hydroxylation is 2. The number of phenols is 2. The second kappa shape index (κ2) is 15.6. The molecule has 1 aliphatic rings. The molecule has 193 valence electrons. The van der Waals surface area contributed by atoms with Crippen LogP contribution in [-0.4, -0.2) is 33.7 Å². The van der Waals surface area contributed by atoms with Crippen molar-refractivity contribution in [2.75, 3.05) is 0 Å². The molecule has 0 atom stereocenters. The summed E-state index contributed by atoms with van der Waals surface area (Å²) in [5, 5.41) is 28.9. The van der Waals surface area contributed by atoms with Crippen LogP contribution in [-0.2, 0) is 34.7 Å². The molecular formula is C30H34MnN2O4+2. The molecule has 4 bridgehead atoms. The van der Waals surface area contributed by atoms with E-state index >= 15 is 0 Å². The van der Waals surface area contributed by atoms with Gasteiger partial charge in [-0.2, -0.15) is 0 Å². The predicted molar refractivity (Wildman–Crippen MR) is 146 cm³/mol. The third-order valence-electron chi connectivity index (χ3n) is 6.01. The van der Waals surface area contributed by atoms with Gasteiger partial charge in [0.05, 0.1) is 11.4 Å². The molecule has 0 fully saturated rings. The smallest absolute Gasteiger partial charge is 0.507 e. The van der Waals surface area contributed by atoms with E-state index in [1.54, 1.807) is 12.4 Å². The van der Waals surface area contributed by atoms with Gasteiger partial charge in [0.25, 0.3) is 5.97 Å². The average molecular weight is 542 g/mol. The van der Waals surface area contributed by atoms with E-state index in [0.29, 0.717) is 34.0 Å². The first-order valence-electron chi connectivity index (χ1n) is 12.4. The summed E-state index contributed by atoms with van der Waals surface area (Å²) in [5.41, 5.74) is 4.78. The van der Waals surface area contributed by atoms with Crippen LogP contribution in [0.2, 0.25) is 0 Å². The number of aliphatic carboxylic acids is 1. The monoisotopic (exact) mass is 541 g/mol. The SMILES string of the molecule is CC(=O)O.Oc1c2cccc1CCCCCCCCc1cccc(c1O)C=Nc1ccccc1N=C2.[Mn+2]. The van der Waals surface area contributed by atoms with E-state index in [9.17, 15) is 10.2 Å². The first-order valence-corrected chi connectivity index (χ1v) is 12.4. The van der Waals surface area contributed by atoms with E-state index in [1.165, 1.54) is 12.8 Å². The molecule has 1 aliphatic heterocycles. The number of fused-ring (bicyclic) bond motifs is 5. The van der Waals surface area contributed by atoms with Gasteiger partial charge in [-0.05, 0) is 61.1 Å². The third kappa shape index (κ3) is 9.52. The molecule has 37 heavy (non-hydrogen) atoms. The zero-order valence-electron chi connectivity index (χ0n) is 21.1. The Hall–Kier alpha value is -3.41. The zero-order chi connectivity index (χ0) is 25.8. The molecule has 0 aliphatic carbocycles. The molecule has 4 rings (SSSR count). The normalized spacial score (nSPS) is 13.8. The van der Waals surface area contributed by atoms with E-state index in [4.69, 9.17) is 9.90 Å². The Morgan fingerprint density at radius 2 is 1.03 bits per heavy atom. The maximum Gasteiger partial charge on any atom is 2.00 e. The van der Waals surface area contributed by atoms with Gasteiger partial charge in [-0.25, -0.2) is 0 Å². The molecule has 1 radical (unpaired) electrons. The summed E-state index contributed by atoms with van der Waals surface area (Å²) >= 11 is 0. The number of rotatable bonds is 0. The summed E-state index contributed by atoms with van der Waals surface area (Å²) < 4.78 is 0. The predicted octanol–water partition coefficient (Wildman–Crippen LogP) is 7.13. The molecule has 0 amide bonds. The van der Waals surface area contributed by atoms with Crippen LogP contribution in [0.15, 0.2) is 70.6 Å². The molecule has 1 heterocycles. The first-order chi connectivity index (χ1) is 17.5. The fraction of sp³-hybridized carbons (Fsp3) is 0.300. The first kappa shape index (κ1) is 29.8. The van der Waals surface area contributed by atoms with E-state index in [1.807, 2.05) is 60.7 Å². The Balaban J connectivity index is 0.000000898. The largest absolute Gasteiger partial charge is 2.00 e. The minimum atomic E-state index is -0.833. The summed E-state index contributed by atoms with van der Waals surface area (Å²) in [5.74, 6) is -0.207. The van der Waals surface area contributed by atoms with Crippen LogP contribution < -0.4 is 0 Å². The quantitative estimate of drug-likeness (QED) is 0.264. The van der Waals surface area contributed by atoms with Crippen molar-refractivity contribution in [2.45, 2.75) is 58.3 Å². The number of nitrogens with zero attached hydrogens (tertiary/aromatic N) is 2. The second-order valence-corrected chi connectivity index (χ2v) is 8.86. The van der Waals surface area contributed by atoms with Crippen molar-refractivity contribution in [3.8, 4) is 11.5 Å². The number of phenolic OH excluding ortho intramolecular Hbond substituents is 2. The molecule has 7 heteroatoms. The number of aliphatic imine (C=N–C) groups is 2. The van der Waals surface area contributed by atoms with Crippen molar-refractivity contribution in [2.24, 2.45) is 9.98 Å². The number of carboxylic acid groups (broad SMARTS) is 1. The maximum absolute atomic E-state index is 10.7. The molecular weight excluding hydrogens is 507 g/mol. The van der Waals surface area contributed by atoms with Crippen molar-refractivity contribution in [3.63, 3.8) is 0 Å². The Kier molecular flexibility index (Phi) is 12.6. The second-order valence-electron chi connectivity index (χ2n) is 8.86. The van der Waals surface area contributed by atoms with Gasteiger partial charge in [-0.1, -0.05) is 62.1 Å². The van der Waals surface area contributed by atoms with Gasteiger partial charge < -0.3 is 15.3 Å². The molecule has 3 aromatic rings. The number of carboxylic acids is 1. The number of carbonyl (C=O) groups is 1. The summed E-state index contributed by atoms with van der Waals surface area (Å²) in [6.45, 7) is 1.08. The Morgan fingerprint density at radius 3 is 1.43 bits per heavy atom. The van der Waals surface area contributed by atoms with Crippen LogP contribution in [0, 0.1) is 0 Å². The Labute approximate surface area is 229 Å². The fourth-order valence-corrected chi connectivity index (χ4v) is 4.13. The van der Waals surface area contributed by atoms with Crippen LogP contribution in [0.4, 0.5) is 11.4 Å². The zero-order valence-corrected chi connectivity index (χ0v) is 22.3.